The highest BCUT2D eigenvalue weighted by Crippen LogP contribution is 2.22. The number of hydrogen-bond donors (Lipinski definition) is 2. The van der Waals surface area contributed by atoms with E-state index in [1.807, 2.05) is 45.0 Å². The van der Waals surface area contributed by atoms with Crippen molar-refractivity contribution in [2.24, 2.45) is 0 Å². The fraction of sp³-hybridized carbons (Fsp3) is 0.263. The second-order valence-corrected chi connectivity index (χ2v) is 6.34. The largest absolute Gasteiger partial charge is 0.352 e. The number of aryl methyl sites for hydroxylation is 3. The maximum absolute atomic E-state index is 12.1. The molecular weight excluding hydrogens is 324 g/mol. The lowest BCUT2D eigenvalue weighted by atomic mass is 10.0. The van der Waals surface area contributed by atoms with Crippen molar-refractivity contribution in [3.05, 3.63) is 63.7 Å². The van der Waals surface area contributed by atoms with Crippen LogP contribution in [0.25, 0.3) is 0 Å². The Hall–Kier alpha value is -2.33. The topological polar surface area (TPSA) is 58.2 Å². The van der Waals surface area contributed by atoms with Crippen molar-refractivity contribution in [2.75, 3.05) is 5.32 Å². The van der Waals surface area contributed by atoms with Crippen LogP contribution in [0.15, 0.2) is 36.4 Å². The maximum atomic E-state index is 12.1. The Morgan fingerprint density at radius 2 is 1.54 bits per heavy atom. The minimum absolute atomic E-state index is 0.208. The molecule has 0 spiro atoms. The molecule has 2 aromatic rings. The van der Waals surface area contributed by atoms with Gasteiger partial charge in [0, 0.05) is 17.3 Å². The van der Waals surface area contributed by atoms with Crippen molar-refractivity contribution in [2.45, 2.75) is 33.7 Å². The molecular formula is C19H21ClN2O2. The van der Waals surface area contributed by atoms with Crippen molar-refractivity contribution in [1.29, 1.82) is 0 Å². The molecule has 0 fully saturated rings. The van der Waals surface area contributed by atoms with Crippen molar-refractivity contribution in [1.82, 2.24) is 5.32 Å². The minimum Gasteiger partial charge on any atom is -0.352 e. The summed E-state index contributed by atoms with van der Waals surface area (Å²) < 4.78 is 0. The van der Waals surface area contributed by atoms with E-state index in [-0.39, 0.29) is 18.2 Å². The molecule has 24 heavy (non-hydrogen) atoms. The zero-order valence-electron chi connectivity index (χ0n) is 14.1. The van der Waals surface area contributed by atoms with Gasteiger partial charge in [-0.05, 0) is 49.6 Å². The van der Waals surface area contributed by atoms with Crippen LogP contribution in [0, 0.1) is 20.8 Å². The van der Waals surface area contributed by atoms with Crippen LogP contribution >= 0.6 is 11.6 Å². The first-order valence-electron chi connectivity index (χ1n) is 7.74. The third kappa shape index (κ3) is 5.10. The zero-order chi connectivity index (χ0) is 17.7. The van der Waals surface area contributed by atoms with Gasteiger partial charge in [0.05, 0.1) is 0 Å². The fourth-order valence-electron chi connectivity index (χ4n) is 2.57. The first-order valence-corrected chi connectivity index (χ1v) is 8.12. The van der Waals surface area contributed by atoms with E-state index in [1.54, 1.807) is 12.1 Å². The molecule has 2 rings (SSSR count). The second-order valence-electron chi connectivity index (χ2n) is 5.90. The highest BCUT2D eigenvalue weighted by atomic mass is 35.5. The number of benzene rings is 2. The van der Waals surface area contributed by atoms with Crippen molar-refractivity contribution < 1.29 is 9.59 Å². The summed E-state index contributed by atoms with van der Waals surface area (Å²) in [5, 5.41) is 6.20. The van der Waals surface area contributed by atoms with E-state index >= 15 is 0 Å². The van der Waals surface area contributed by atoms with Crippen LogP contribution in [0.2, 0.25) is 5.02 Å². The Labute approximate surface area is 147 Å². The second kappa shape index (κ2) is 7.97. The smallest absolute Gasteiger partial charge is 0.233 e. The third-order valence-electron chi connectivity index (χ3n) is 3.67. The lowest BCUT2D eigenvalue weighted by Gasteiger charge is -2.13. The molecule has 2 amide bonds. The van der Waals surface area contributed by atoms with Gasteiger partial charge >= 0.3 is 0 Å². The molecule has 2 aromatic carbocycles. The molecule has 0 aromatic heterocycles. The predicted molar refractivity (Wildman–Crippen MR) is 97.2 cm³/mol. The fourth-order valence-corrected chi connectivity index (χ4v) is 2.70. The number of carbonyl (C=O) groups excluding carboxylic acids is 2. The normalized spacial score (nSPS) is 10.3. The summed E-state index contributed by atoms with van der Waals surface area (Å²) in [5.74, 6) is -0.636. The summed E-state index contributed by atoms with van der Waals surface area (Å²) in [6, 6.07) is 11.2. The van der Waals surface area contributed by atoms with Crippen LogP contribution in [0.4, 0.5) is 5.69 Å². The summed E-state index contributed by atoms with van der Waals surface area (Å²) in [5.41, 5.74) is 4.82. The van der Waals surface area contributed by atoms with Gasteiger partial charge in [-0.2, -0.15) is 0 Å². The third-order valence-corrected chi connectivity index (χ3v) is 3.92. The van der Waals surface area contributed by atoms with Crippen LogP contribution in [0.1, 0.15) is 28.7 Å². The zero-order valence-corrected chi connectivity index (χ0v) is 14.8. The standard InChI is InChI=1S/C19H21ClN2O2/c1-12-8-13(2)19(14(3)9-12)22-18(24)10-17(23)21-11-15-4-6-16(20)7-5-15/h4-9H,10-11H2,1-3H3,(H,21,23)(H,22,24). The molecule has 0 radical (unpaired) electrons. The highest BCUT2D eigenvalue weighted by molar-refractivity contribution is 6.30. The Morgan fingerprint density at radius 3 is 2.12 bits per heavy atom. The first-order chi connectivity index (χ1) is 11.3. The number of rotatable bonds is 5. The van der Waals surface area contributed by atoms with Crippen molar-refractivity contribution in [3.63, 3.8) is 0 Å². The molecule has 126 valence electrons. The average molecular weight is 345 g/mol. The van der Waals surface area contributed by atoms with Gasteiger partial charge in [0.1, 0.15) is 6.42 Å². The minimum atomic E-state index is -0.321. The van der Waals surface area contributed by atoms with Gasteiger partial charge in [0.15, 0.2) is 0 Å². The Balaban J connectivity index is 1.88. The summed E-state index contributed by atoms with van der Waals surface area (Å²) in [4.78, 5) is 24.0. The quantitative estimate of drug-likeness (QED) is 0.808. The van der Waals surface area contributed by atoms with Crippen LogP contribution in [0.3, 0.4) is 0 Å². The molecule has 0 saturated carbocycles. The van der Waals surface area contributed by atoms with E-state index in [1.165, 1.54) is 0 Å². The molecule has 0 heterocycles. The van der Waals surface area contributed by atoms with Crippen molar-refractivity contribution in [3.8, 4) is 0 Å². The lowest BCUT2D eigenvalue weighted by molar-refractivity contribution is -0.126. The van der Waals surface area contributed by atoms with E-state index in [0.717, 1.165) is 27.9 Å². The van der Waals surface area contributed by atoms with E-state index in [0.29, 0.717) is 11.6 Å². The molecule has 2 N–H and O–H groups in total. The Bertz CT molecular complexity index is 731. The van der Waals surface area contributed by atoms with Crippen LogP contribution < -0.4 is 10.6 Å². The van der Waals surface area contributed by atoms with E-state index in [9.17, 15) is 9.59 Å². The SMILES string of the molecule is Cc1cc(C)c(NC(=O)CC(=O)NCc2ccc(Cl)cc2)c(C)c1. The number of carbonyl (C=O) groups is 2. The molecule has 0 saturated heterocycles. The van der Waals surface area contributed by atoms with Gasteiger partial charge in [-0.3, -0.25) is 9.59 Å². The molecule has 0 aliphatic rings. The van der Waals surface area contributed by atoms with Gasteiger partial charge < -0.3 is 10.6 Å². The van der Waals surface area contributed by atoms with Gasteiger partial charge in [-0.1, -0.05) is 41.4 Å². The van der Waals surface area contributed by atoms with E-state index in [4.69, 9.17) is 11.6 Å². The number of anilines is 1. The van der Waals surface area contributed by atoms with E-state index in [2.05, 4.69) is 10.6 Å². The van der Waals surface area contributed by atoms with Gasteiger partial charge in [0.2, 0.25) is 11.8 Å². The van der Waals surface area contributed by atoms with Crippen LogP contribution in [-0.4, -0.2) is 11.8 Å². The Kier molecular flexibility index (Phi) is 5.99. The number of amides is 2. The number of halogens is 1. The van der Waals surface area contributed by atoms with Gasteiger partial charge in [-0.25, -0.2) is 0 Å². The lowest BCUT2D eigenvalue weighted by Crippen LogP contribution is -2.28. The summed E-state index contributed by atoms with van der Waals surface area (Å²) in [6.45, 7) is 6.26. The predicted octanol–water partition coefficient (Wildman–Crippen LogP) is 3.91. The van der Waals surface area contributed by atoms with Gasteiger partial charge in [-0.15, -0.1) is 0 Å². The summed E-state index contributed by atoms with van der Waals surface area (Å²) in [7, 11) is 0. The monoisotopic (exact) mass is 344 g/mol. The molecule has 0 atom stereocenters. The highest BCUT2D eigenvalue weighted by Gasteiger charge is 2.12. The van der Waals surface area contributed by atoms with Crippen LogP contribution in [0.5, 0.6) is 0 Å². The average Bonchev–Trinajstić information content (AvgIpc) is 2.50. The maximum Gasteiger partial charge on any atom is 0.233 e. The summed E-state index contributed by atoms with van der Waals surface area (Å²) >= 11 is 5.82. The molecule has 0 aliphatic heterocycles. The first kappa shape index (κ1) is 18.0. The van der Waals surface area contributed by atoms with Crippen molar-refractivity contribution >= 4 is 29.1 Å². The number of hydrogen-bond acceptors (Lipinski definition) is 2. The molecule has 4 nitrogen and oxygen atoms in total. The van der Waals surface area contributed by atoms with Crippen LogP contribution in [-0.2, 0) is 16.1 Å². The van der Waals surface area contributed by atoms with E-state index < -0.39 is 0 Å². The molecule has 0 unspecified atom stereocenters. The summed E-state index contributed by atoms with van der Waals surface area (Å²) in [6.07, 6.45) is -0.208. The number of nitrogens with one attached hydrogen (secondary N) is 2. The molecule has 0 aliphatic carbocycles. The van der Waals surface area contributed by atoms with Gasteiger partial charge in [0.25, 0.3) is 0 Å². The molecule has 5 heteroatoms. The molecule has 0 bridgehead atoms. The Morgan fingerprint density at radius 1 is 0.958 bits per heavy atom.